The molecule has 146 valence electrons. The molecule has 1 saturated heterocycles. The van der Waals surface area contributed by atoms with Gasteiger partial charge in [-0.25, -0.2) is 9.50 Å². The Morgan fingerprint density at radius 1 is 1.07 bits per heavy atom. The van der Waals surface area contributed by atoms with Gasteiger partial charge in [0, 0.05) is 18.7 Å². The number of imidazole rings is 1. The molecule has 2 aromatic carbocycles. The molecule has 6 nitrogen and oxygen atoms in total. The fourth-order valence-electron chi connectivity index (χ4n) is 3.60. The summed E-state index contributed by atoms with van der Waals surface area (Å²) < 4.78 is 7.99. The Balaban J connectivity index is 1.40. The van der Waals surface area contributed by atoms with Crippen LogP contribution in [0, 0.1) is 0 Å². The number of rotatable bonds is 6. The summed E-state index contributed by atoms with van der Waals surface area (Å²) in [7, 11) is 0. The average molecular weight is 385 g/mol. The SMILES string of the molecule is c1ccc(CNc2ccc3ncc(-c4cccc(O[C@@H]5CCNC5)c4)n3n2)cc1. The number of nitrogens with one attached hydrogen (secondary N) is 2. The molecular weight excluding hydrogens is 362 g/mol. The number of aromatic nitrogens is 3. The summed E-state index contributed by atoms with van der Waals surface area (Å²) in [4.78, 5) is 4.51. The van der Waals surface area contributed by atoms with Gasteiger partial charge < -0.3 is 15.4 Å². The number of ether oxygens (including phenoxy) is 1. The van der Waals surface area contributed by atoms with Crippen LogP contribution in [-0.4, -0.2) is 33.8 Å². The topological polar surface area (TPSA) is 63.5 Å². The second-order valence-electron chi connectivity index (χ2n) is 7.23. The first kappa shape index (κ1) is 17.7. The summed E-state index contributed by atoms with van der Waals surface area (Å²) in [6, 6.07) is 22.4. The first-order valence-electron chi connectivity index (χ1n) is 9.95. The summed E-state index contributed by atoms with van der Waals surface area (Å²) in [5.74, 6) is 1.69. The Bertz CT molecular complexity index is 1100. The maximum absolute atomic E-state index is 6.11. The molecule has 2 aromatic heterocycles. The van der Waals surface area contributed by atoms with Gasteiger partial charge in [0.1, 0.15) is 17.7 Å². The van der Waals surface area contributed by atoms with Gasteiger partial charge in [-0.15, -0.1) is 5.10 Å². The van der Waals surface area contributed by atoms with Crippen LogP contribution in [0.4, 0.5) is 5.82 Å². The first-order valence-corrected chi connectivity index (χ1v) is 9.95. The van der Waals surface area contributed by atoms with Crippen LogP contribution >= 0.6 is 0 Å². The minimum absolute atomic E-state index is 0.236. The van der Waals surface area contributed by atoms with Gasteiger partial charge in [-0.3, -0.25) is 0 Å². The summed E-state index contributed by atoms with van der Waals surface area (Å²) >= 11 is 0. The van der Waals surface area contributed by atoms with E-state index < -0.39 is 0 Å². The van der Waals surface area contributed by atoms with Gasteiger partial charge >= 0.3 is 0 Å². The van der Waals surface area contributed by atoms with E-state index in [1.54, 1.807) is 0 Å². The molecule has 4 aromatic rings. The van der Waals surface area contributed by atoms with E-state index in [4.69, 9.17) is 9.84 Å². The van der Waals surface area contributed by atoms with Crippen LogP contribution < -0.4 is 15.4 Å². The molecule has 0 bridgehead atoms. The van der Waals surface area contributed by atoms with Gasteiger partial charge in [0.2, 0.25) is 0 Å². The molecule has 3 heterocycles. The van der Waals surface area contributed by atoms with Crippen molar-refractivity contribution in [1.29, 1.82) is 0 Å². The lowest BCUT2D eigenvalue weighted by molar-refractivity contribution is 0.223. The fourth-order valence-corrected chi connectivity index (χ4v) is 3.60. The summed E-state index contributed by atoms with van der Waals surface area (Å²) in [5, 5.41) is 11.5. The molecule has 0 radical (unpaired) electrons. The smallest absolute Gasteiger partial charge is 0.154 e. The van der Waals surface area contributed by atoms with E-state index in [0.29, 0.717) is 0 Å². The highest BCUT2D eigenvalue weighted by Gasteiger charge is 2.16. The molecule has 0 unspecified atom stereocenters. The Kier molecular flexibility index (Phi) is 4.84. The van der Waals surface area contributed by atoms with Crippen molar-refractivity contribution >= 4 is 11.5 Å². The van der Waals surface area contributed by atoms with E-state index in [1.807, 2.05) is 53.2 Å². The van der Waals surface area contributed by atoms with Crippen LogP contribution in [-0.2, 0) is 6.54 Å². The molecule has 5 rings (SSSR count). The lowest BCUT2D eigenvalue weighted by Crippen LogP contribution is -2.19. The third kappa shape index (κ3) is 3.93. The van der Waals surface area contributed by atoms with Crippen molar-refractivity contribution in [3.63, 3.8) is 0 Å². The second kappa shape index (κ2) is 7.93. The zero-order valence-electron chi connectivity index (χ0n) is 16.1. The number of hydrogen-bond acceptors (Lipinski definition) is 5. The zero-order valence-corrected chi connectivity index (χ0v) is 16.1. The predicted molar refractivity (Wildman–Crippen MR) is 114 cm³/mol. The quantitative estimate of drug-likeness (QED) is 0.529. The van der Waals surface area contributed by atoms with Crippen molar-refractivity contribution < 1.29 is 4.74 Å². The van der Waals surface area contributed by atoms with E-state index in [0.717, 1.165) is 54.5 Å². The minimum atomic E-state index is 0.236. The predicted octanol–water partition coefficient (Wildman–Crippen LogP) is 3.75. The standard InChI is InChI=1S/C23H23N5O/c1-2-5-17(6-3-1)14-25-22-9-10-23-26-16-21(28(23)27-22)18-7-4-8-19(13-18)29-20-11-12-24-15-20/h1-10,13,16,20,24H,11-12,14-15H2,(H,25,27)/t20-/m1/s1. The van der Waals surface area contributed by atoms with Gasteiger partial charge in [0.25, 0.3) is 0 Å². The van der Waals surface area contributed by atoms with E-state index >= 15 is 0 Å². The van der Waals surface area contributed by atoms with Crippen molar-refractivity contribution in [1.82, 2.24) is 19.9 Å². The summed E-state index contributed by atoms with van der Waals surface area (Å²) in [6.45, 7) is 2.64. The largest absolute Gasteiger partial charge is 0.489 e. The maximum atomic E-state index is 6.11. The van der Waals surface area contributed by atoms with E-state index in [2.05, 4.69) is 39.9 Å². The molecule has 1 aliphatic heterocycles. The lowest BCUT2D eigenvalue weighted by atomic mass is 10.1. The average Bonchev–Trinajstić information content (AvgIpc) is 3.43. The van der Waals surface area contributed by atoms with Crippen molar-refractivity contribution in [3.05, 3.63) is 78.5 Å². The molecule has 2 N–H and O–H groups in total. The molecular formula is C23H23N5O. The first-order chi connectivity index (χ1) is 14.3. The van der Waals surface area contributed by atoms with Crippen LogP contribution in [0.2, 0.25) is 0 Å². The number of anilines is 1. The molecule has 6 heteroatoms. The molecule has 0 aliphatic carbocycles. The number of fused-ring (bicyclic) bond motifs is 1. The highest BCUT2D eigenvalue weighted by Crippen LogP contribution is 2.26. The Morgan fingerprint density at radius 2 is 2.00 bits per heavy atom. The summed E-state index contributed by atoms with van der Waals surface area (Å²) in [6.07, 6.45) is 3.14. The normalized spacial score (nSPS) is 16.2. The van der Waals surface area contributed by atoms with Gasteiger partial charge in [-0.05, 0) is 42.8 Å². The van der Waals surface area contributed by atoms with Crippen molar-refractivity contribution in [2.24, 2.45) is 0 Å². The Morgan fingerprint density at radius 3 is 2.86 bits per heavy atom. The second-order valence-corrected chi connectivity index (χ2v) is 7.23. The lowest BCUT2D eigenvalue weighted by Gasteiger charge is -2.13. The van der Waals surface area contributed by atoms with Crippen LogP contribution in [0.3, 0.4) is 0 Å². The van der Waals surface area contributed by atoms with Crippen molar-refractivity contribution in [2.45, 2.75) is 19.1 Å². The fraction of sp³-hybridized carbons (Fsp3) is 0.217. The maximum Gasteiger partial charge on any atom is 0.154 e. The van der Waals surface area contributed by atoms with Gasteiger partial charge in [0.05, 0.1) is 11.9 Å². The van der Waals surface area contributed by atoms with Gasteiger partial charge in [-0.1, -0.05) is 42.5 Å². The van der Waals surface area contributed by atoms with Crippen LogP contribution in [0.5, 0.6) is 5.75 Å². The van der Waals surface area contributed by atoms with Gasteiger partial charge in [-0.2, -0.15) is 0 Å². The van der Waals surface area contributed by atoms with Crippen LogP contribution in [0.25, 0.3) is 16.9 Å². The number of nitrogens with zero attached hydrogens (tertiary/aromatic N) is 3. The van der Waals surface area contributed by atoms with E-state index in [9.17, 15) is 0 Å². The van der Waals surface area contributed by atoms with Crippen LogP contribution in [0.15, 0.2) is 72.9 Å². The summed E-state index contributed by atoms with van der Waals surface area (Å²) in [5.41, 5.74) is 4.01. The third-order valence-electron chi connectivity index (χ3n) is 5.13. The van der Waals surface area contributed by atoms with Crippen molar-refractivity contribution in [2.75, 3.05) is 18.4 Å². The number of hydrogen-bond donors (Lipinski definition) is 2. The highest BCUT2D eigenvalue weighted by molar-refractivity contribution is 5.65. The monoisotopic (exact) mass is 385 g/mol. The molecule has 0 spiro atoms. The molecule has 1 aliphatic rings. The molecule has 0 amide bonds. The van der Waals surface area contributed by atoms with Gasteiger partial charge in [0.15, 0.2) is 5.65 Å². The van der Waals surface area contributed by atoms with Crippen LogP contribution in [0.1, 0.15) is 12.0 Å². The molecule has 1 atom stereocenters. The van der Waals surface area contributed by atoms with Crippen molar-refractivity contribution in [3.8, 4) is 17.0 Å². The number of benzene rings is 2. The minimum Gasteiger partial charge on any atom is -0.489 e. The van der Waals surface area contributed by atoms with E-state index in [1.165, 1.54) is 5.56 Å². The Labute approximate surface area is 169 Å². The third-order valence-corrected chi connectivity index (χ3v) is 5.13. The molecule has 29 heavy (non-hydrogen) atoms. The molecule has 1 fully saturated rings. The van der Waals surface area contributed by atoms with E-state index in [-0.39, 0.29) is 6.10 Å². The Hall–Kier alpha value is -3.38. The zero-order chi connectivity index (χ0) is 19.5. The highest BCUT2D eigenvalue weighted by atomic mass is 16.5. The molecule has 0 saturated carbocycles.